The van der Waals surface area contributed by atoms with E-state index in [4.69, 9.17) is 9.47 Å². The second-order valence-electron chi connectivity index (χ2n) is 5.36. The Balaban J connectivity index is 1.57. The van der Waals surface area contributed by atoms with E-state index in [-0.39, 0.29) is 5.91 Å². The number of aromatic nitrogens is 1. The zero-order valence-corrected chi connectivity index (χ0v) is 14.1. The number of fused-ring (bicyclic) bond motifs is 1. The van der Waals surface area contributed by atoms with E-state index >= 15 is 0 Å². The molecule has 5 heteroatoms. The van der Waals surface area contributed by atoms with Crippen LogP contribution in [-0.4, -0.2) is 30.6 Å². The number of benzene rings is 2. The molecule has 0 aliphatic rings. The summed E-state index contributed by atoms with van der Waals surface area (Å²) < 4.78 is 11.3. The molecule has 5 nitrogen and oxygen atoms in total. The Hall–Kier alpha value is -3.08. The zero-order chi connectivity index (χ0) is 17.5. The highest BCUT2D eigenvalue weighted by molar-refractivity contribution is 5.96. The molecule has 1 amide bonds. The average Bonchev–Trinajstić information content (AvgIpc) is 2.66. The summed E-state index contributed by atoms with van der Waals surface area (Å²) in [5.74, 6) is 1.12. The second-order valence-corrected chi connectivity index (χ2v) is 5.36. The number of nitrogens with zero attached hydrogens (tertiary/aromatic N) is 1. The minimum atomic E-state index is -0.177. The molecule has 0 aliphatic carbocycles. The lowest BCUT2D eigenvalue weighted by atomic mass is 10.2. The van der Waals surface area contributed by atoms with Gasteiger partial charge in [-0.2, -0.15) is 0 Å². The number of para-hydroxylation sites is 2. The fourth-order valence-electron chi connectivity index (χ4n) is 2.55. The van der Waals surface area contributed by atoms with Gasteiger partial charge < -0.3 is 14.8 Å². The summed E-state index contributed by atoms with van der Waals surface area (Å²) in [5.41, 5.74) is 1.34. The van der Waals surface area contributed by atoms with Gasteiger partial charge in [0.2, 0.25) is 0 Å². The summed E-state index contributed by atoms with van der Waals surface area (Å²) >= 11 is 0. The van der Waals surface area contributed by atoms with Gasteiger partial charge in [-0.25, -0.2) is 0 Å². The average molecular weight is 336 g/mol. The highest BCUT2D eigenvalue weighted by Crippen LogP contribution is 2.22. The molecular weight excluding hydrogens is 316 g/mol. The number of ether oxygens (including phenoxy) is 2. The van der Waals surface area contributed by atoms with Gasteiger partial charge in [-0.3, -0.25) is 9.78 Å². The number of carbonyl (C=O) groups excluding carboxylic acids is 1. The SMILES string of the molecule is CCOc1ccccc1C(=O)NCCOc1cccc2cccnc12. The Labute approximate surface area is 146 Å². The summed E-state index contributed by atoms with van der Waals surface area (Å²) in [6, 6.07) is 16.9. The minimum absolute atomic E-state index is 0.177. The van der Waals surface area contributed by atoms with Gasteiger partial charge in [0.25, 0.3) is 5.91 Å². The summed E-state index contributed by atoms with van der Waals surface area (Å²) in [4.78, 5) is 16.7. The number of pyridine rings is 1. The van der Waals surface area contributed by atoms with Crippen molar-refractivity contribution in [1.82, 2.24) is 10.3 Å². The van der Waals surface area contributed by atoms with Gasteiger partial charge in [0.15, 0.2) is 0 Å². The van der Waals surface area contributed by atoms with E-state index in [9.17, 15) is 4.79 Å². The molecule has 0 spiro atoms. The molecule has 2 aromatic carbocycles. The Morgan fingerprint density at radius 3 is 2.68 bits per heavy atom. The van der Waals surface area contributed by atoms with Crippen LogP contribution in [-0.2, 0) is 0 Å². The van der Waals surface area contributed by atoms with Gasteiger partial charge in [0.05, 0.1) is 18.7 Å². The van der Waals surface area contributed by atoms with Crippen LogP contribution in [0.4, 0.5) is 0 Å². The summed E-state index contributed by atoms with van der Waals surface area (Å²) in [6.45, 7) is 3.16. The number of hydrogen-bond donors (Lipinski definition) is 1. The van der Waals surface area contributed by atoms with Gasteiger partial charge in [0, 0.05) is 11.6 Å². The third kappa shape index (κ3) is 4.07. The van der Waals surface area contributed by atoms with Crippen LogP contribution in [0, 0.1) is 0 Å². The molecule has 0 bridgehead atoms. The van der Waals surface area contributed by atoms with E-state index in [0.29, 0.717) is 36.8 Å². The van der Waals surface area contributed by atoms with E-state index in [1.165, 1.54) is 0 Å². The van der Waals surface area contributed by atoms with Crippen LogP contribution in [0.15, 0.2) is 60.8 Å². The first-order chi connectivity index (χ1) is 12.3. The lowest BCUT2D eigenvalue weighted by molar-refractivity contribution is 0.0943. The van der Waals surface area contributed by atoms with E-state index < -0.39 is 0 Å². The van der Waals surface area contributed by atoms with E-state index in [0.717, 1.165) is 10.9 Å². The van der Waals surface area contributed by atoms with Gasteiger partial charge in [-0.05, 0) is 31.2 Å². The quantitative estimate of drug-likeness (QED) is 0.672. The number of rotatable bonds is 7. The summed E-state index contributed by atoms with van der Waals surface area (Å²) in [7, 11) is 0. The third-order valence-electron chi connectivity index (χ3n) is 3.67. The van der Waals surface area contributed by atoms with Crippen molar-refractivity contribution < 1.29 is 14.3 Å². The Morgan fingerprint density at radius 1 is 1.00 bits per heavy atom. The maximum Gasteiger partial charge on any atom is 0.255 e. The minimum Gasteiger partial charge on any atom is -0.493 e. The van der Waals surface area contributed by atoms with Crippen LogP contribution in [0.25, 0.3) is 10.9 Å². The van der Waals surface area contributed by atoms with Gasteiger partial charge in [-0.1, -0.05) is 30.3 Å². The summed E-state index contributed by atoms with van der Waals surface area (Å²) in [5, 5.41) is 3.87. The molecule has 3 aromatic rings. The van der Waals surface area contributed by atoms with E-state index in [2.05, 4.69) is 10.3 Å². The molecule has 0 saturated heterocycles. The first kappa shape index (κ1) is 16.8. The molecule has 0 unspecified atom stereocenters. The van der Waals surface area contributed by atoms with E-state index in [1.807, 2.05) is 49.4 Å². The van der Waals surface area contributed by atoms with Gasteiger partial charge >= 0.3 is 0 Å². The number of amides is 1. The van der Waals surface area contributed by atoms with E-state index in [1.54, 1.807) is 18.3 Å². The standard InChI is InChI=1S/C20H20N2O3/c1-2-24-17-10-4-3-9-16(17)20(23)22-13-14-25-18-11-5-7-15-8-6-12-21-19(15)18/h3-12H,2,13-14H2,1H3,(H,22,23). The molecular formula is C20H20N2O3. The van der Waals surface area contributed by atoms with Crippen molar-refractivity contribution in [3.05, 3.63) is 66.4 Å². The zero-order valence-electron chi connectivity index (χ0n) is 14.1. The van der Waals surface area contributed by atoms with Crippen molar-refractivity contribution in [2.75, 3.05) is 19.8 Å². The Kier molecular flexibility index (Phi) is 5.46. The predicted octanol–water partition coefficient (Wildman–Crippen LogP) is 3.44. The monoisotopic (exact) mass is 336 g/mol. The normalized spacial score (nSPS) is 10.4. The van der Waals surface area contributed by atoms with Crippen LogP contribution < -0.4 is 14.8 Å². The number of carbonyl (C=O) groups is 1. The molecule has 1 aromatic heterocycles. The maximum atomic E-state index is 12.3. The van der Waals surface area contributed by atoms with Crippen LogP contribution in [0.3, 0.4) is 0 Å². The number of nitrogens with one attached hydrogen (secondary N) is 1. The molecule has 0 fully saturated rings. The first-order valence-electron chi connectivity index (χ1n) is 8.26. The van der Waals surface area contributed by atoms with Gasteiger partial charge in [0.1, 0.15) is 23.6 Å². The van der Waals surface area contributed by atoms with Crippen LogP contribution in [0.5, 0.6) is 11.5 Å². The second kappa shape index (κ2) is 8.15. The van der Waals surface area contributed by atoms with Crippen molar-refractivity contribution in [2.24, 2.45) is 0 Å². The molecule has 0 aliphatic heterocycles. The highest BCUT2D eigenvalue weighted by Gasteiger charge is 2.11. The maximum absolute atomic E-state index is 12.3. The largest absolute Gasteiger partial charge is 0.493 e. The Bertz CT molecular complexity index is 859. The van der Waals surface area contributed by atoms with Crippen LogP contribution in [0.1, 0.15) is 17.3 Å². The molecule has 0 radical (unpaired) electrons. The molecule has 25 heavy (non-hydrogen) atoms. The molecule has 0 saturated carbocycles. The van der Waals surface area contributed by atoms with Gasteiger partial charge in [-0.15, -0.1) is 0 Å². The van der Waals surface area contributed by atoms with Crippen molar-refractivity contribution in [2.45, 2.75) is 6.92 Å². The smallest absolute Gasteiger partial charge is 0.255 e. The van der Waals surface area contributed by atoms with Crippen molar-refractivity contribution in [1.29, 1.82) is 0 Å². The van der Waals surface area contributed by atoms with Crippen molar-refractivity contribution in [3.63, 3.8) is 0 Å². The molecule has 1 N–H and O–H groups in total. The van der Waals surface area contributed by atoms with Crippen LogP contribution in [0.2, 0.25) is 0 Å². The highest BCUT2D eigenvalue weighted by atomic mass is 16.5. The molecule has 0 atom stereocenters. The summed E-state index contributed by atoms with van der Waals surface area (Å²) in [6.07, 6.45) is 1.74. The third-order valence-corrected chi connectivity index (χ3v) is 3.67. The lowest BCUT2D eigenvalue weighted by Gasteiger charge is -2.11. The van der Waals surface area contributed by atoms with Crippen molar-refractivity contribution in [3.8, 4) is 11.5 Å². The fourth-order valence-corrected chi connectivity index (χ4v) is 2.55. The van der Waals surface area contributed by atoms with Crippen molar-refractivity contribution >= 4 is 16.8 Å². The topological polar surface area (TPSA) is 60.5 Å². The first-order valence-corrected chi connectivity index (χ1v) is 8.26. The fraction of sp³-hybridized carbons (Fsp3) is 0.200. The molecule has 3 rings (SSSR count). The lowest BCUT2D eigenvalue weighted by Crippen LogP contribution is -2.28. The Morgan fingerprint density at radius 2 is 1.80 bits per heavy atom. The van der Waals surface area contributed by atoms with Crippen LogP contribution >= 0.6 is 0 Å². The molecule has 128 valence electrons. The molecule has 1 heterocycles. The predicted molar refractivity (Wildman–Crippen MR) is 97.2 cm³/mol. The number of hydrogen-bond acceptors (Lipinski definition) is 4.